The van der Waals surface area contributed by atoms with Crippen molar-refractivity contribution in [3.63, 3.8) is 0 Å². The Labute approximate surface area is 156 Å². The summed E-state index contributed by atoms with van der Waals surface area (Å²) in [5, 5.41) is 5.51. The van der Waals surface area contributed by atoms with Crippen LogP contribution in [0.5, 0.6) is 0 Å². The van der Waals surface area contributed by atoms with Crippen molar-refractivity contribution in [2.75, 3.05) is 6.61 Å². The van der Waals surface area contributed by atoms with Crippen LogP contribution in [0, 0.1) is 5.92 Å². The van der Waals surface area contributed by atoms with Crippen molar-refractivity contribution in [2.45, 2.75) is 45.1 Å². The predicted octanol–water partition coefficient (Wildman–Crippen LogP) is 4.20. The van der Waals surface area contributed by atoms with E-state index in [4.69, 9.17) is 4.74 Å². The topological polar surface area (TPSA) is 67.4 Å². The van der Waals surface area contributed by atoms with Crippen molar-refractivity contribution in [1.82, 2.24) is 10.6 Å². The first-order valence-corrected chi connectivity index (χ1v) is 9.55. The van der Waals surface area contributed by atoms with Crippen LogP contribution in [0.3, 0.4) is 0 Å². The lowest BCUT2D eigenvalue weighted by Gasteiger charge is -2.29. The summed E-state index contributed by atoms with van der Waals surface area (Å²) in [6.45, 7) is 2.19. The van der Waals surface area contributed by atoms with Gasteiger partial charge in [0.05, 0.1) is 18.2 Å². The van der Waals surface area contributed by atoms with Crippen molar-refractivity contribution in [1.29, 1.82) is 0 Å². The van der Waals surface area contributed by atoms with E-state index in [-0.39, 0.29) is 12.0 Å². The fourth-order valence-corrected chi connectivity index (χ4v) is 3.76. The van der Waals surface area contributed by atoms with Crippen LogP contribution in [0.15, 0.2) is 40.0 Å². The minimum Gasteiger partial charge on any atom is -0.462 e. The molecule has 1 heterocycles. The van der Waals surface area contributed by atoms with Gasteiger partial charge in [-0.05, 0) is 43.4 Å². The normalized spacial score (nSPS) is 21.5. The molecule has 0 aromatic heterocycles. The first-order valence-electron chi connectivity index (χ1n) is 8.75. The minimum atomic E-state index is -0.499. The Morgan fingerprint density at radius 3 is 2.56 bits per heavy atom. The smallest absolute Gasteiger partial charge is 0.338 e. The highest BCUT2D eigenvalue weighted by Gasteiger charge is 2.32. The molecule has 1 atom stereocenters. The molecule has 6 heteroatoms. The van der Waals surface area contributed by atoms with Gasteiger partial charge in [-0.25, -0.2) is 9.59 Å². The van der Waals surface area contributed by atoms with E-state index in [0.717, 1.165) is 22.9 Å². The molecule has 0 radical (unpaired) electrons. The van der Waals surface area contributed by atoms with Gasteiger partial charge < -0.3 is 15.4 Å². The van der Waals surface area contributed by atoms with Gasteiger partial charge in [0.15, 0.2) is 0 Å². The molecule has 134 valence electrons. The van der Waals surface area contributed by atoms with Crippen molar-refractivity contribution >= 4 is 27.9 Å². The molecule has 0 saturated heterocycles. The standard InChI is InChI=1S/C19H23BrN2O3/c1-12-16(18(23)25-11-13-5-3-2-4-6-13)17(22-19(24)21-12)14-7-9-15(20)10-8-14/h7-10,13,17H,2-6,11H2,1H3,(H2,21,22,24). The number of carbonyl (C=O) groups excluding carboxylic acids is 2. The Hall–Kier alpha value is -1.82. The fraction of sp³-hybridized carbons (Fsp3) is 0.474. The largest absolute Gasteiger partial charge is 0.462 e. The van der Waals surface area contributed by atoms with E-state index in [9.17, 15) is 9.59 Å². The summed E-state index contributed by atoms with van der Waals surface area (Å²) in [5.74, 6) is 0.0966. The summed E-state index contributed by atoms with van der Waals surface area (Å²) < 4.78 is 6.55. The number of carbonyl (C=O) groups is 2. The zero-order valence-corrected chi connectivity index (χ0v) is 15.9. The predicted molar refractivity (Wildman–Crippen MR) is 98.8 cm³/mol. The molecule has 25 heavy (non-hydrogen) atoms. The number of esters is 1. The van der Waals surface area contributed by atoms with Crippen LogP contribution in [0.2, 0.25) is 0 Å². The average Bonchev–Trinajstić information content (AvgIpc) is 2.60. The summed E-state index contributed by atoms with van der Waals surface area (Å²) >= 11 is 3.40. The van der Waals surface area contributed by atoms with Gasteiger partial charge in [0.1, 0.15) is 0 Å². The average molecular weight is 407 g/mol. The number of nitrogens with one attached hydrogen (secondary N) is 2. The molecule has 5 nitrogen and oxygen atoms in total. The highest BCUT2D eigenvalue weighted by molar-refractivity contribution is 9.10. The van der Waals surface area contributed by atoms with Gasteiger partial charge in [-0.2, -0.15) is 0 Å². The number of allylic oxidation sites excluding steroid dienone is 1. The molecule has 2 amide bonds. The van der Waals surface area contributed by atoms with Gasteiger partial charge in [-0.3, -0.25) is 0 Å². The van der Waals surface area contributed by atoms with Crippen LogP contribution >= 0.6 is 15.9 Å². The SMILES string of the molecule is CC1=C(C(=O)OCC2CCCCC2)C(c2ccc(Br)cc2)NC(=O)N1. The summed E-state index contributed by atoms with van der Waals surface area (Å²) in [6.07, 6.45) is 5.94. The molecule has 1 unspecified atom stereocenters. The Balaban J connectivity index is 1.76. The van der Waals surface area contributed by atoms with Crippen molar-refractivity contribution in [3.8, 4) is 0 Å². The zero-order valence-electron chi connectivity index (χ0n) is 14.3. The van der Waals surface area contributed by atoms with Gasteiger partial charge in [0.2, 0.25) is 0 Å². The molecule has 1 aromatic carbocycles. The molecule has 3 rings (SSSR count). The Kier molecular flexibility index (Phi) is 5.78. The third-order valence-corrected chi connectivity index (χ3v) is 5.40. The van der Waals surface area contributed by atoms with E-state index in [1.165, 1.54) is 19.3 Å². The molecular weight excluding hydrogens is 384 g/mol. The molecule has 0 bridgehead atoms. The quantitative estimate of drug-likeness (QED) is 0.736. The number of benzene rings is 1. The Morgan fingerprint density at radius 1 is 1.20 bits per heavy atom. The molecule has 1 aliphatic heterocycles. The Bertz CT molecular complexity index is 678. The number of rotatable bonds is 4. The molecular formula is C19H23BrN2O3. The number of amides is 2. The fourth-order valence-electron chi connectivity index (χ4n) is 3.49. The van der Waals surface area contributed by atoms with Gasteiger partial charge in [-0.1, -0.05) is 47.3 Å². The third kappa shape index (κ3) is 4.42. The lowest BCUT2D eigenvalue weighted by molar-refractivity contribution is -0.141. The van der Waals surface area contributed by atoms with E-state index in [1.807, 2.05) is 24.3 Å². The maximum Gasteiger partial charge on any atom is 0.338 e. The van der Waals surface area contributed by atoms with E-state index in [0.29, 0.717) is 23.8 Å². The minimum absolute atomic E-state index is 0.311. The number of hydrogen-bond acceptors (Lipinski definition) is 3. The Morgan fingerprint density at radius 2 is 1.88 bits per heavy atom. The van der Waals surface area contributed by atoms with Gasteiger partial charge in [-0.15, -0.1) is 0 Å². The van der Waals surface area contributed by atoms with Crippen LogP contribution in [0.25, 0.3) is 0 Å². The first kappa shape index (κ1) is 18.0. The third-order valence-electron chi connectivity index (χ3n) is 4.87. The summed E-state index contributed by atoms with van der Waals surface area (Å²) in [7, 11) is 0. The number of urea groups is 1. The summed E-state index contributed by atoms with van der Waals surface area (Å²) in [4.78, 5) is 24.6. The maximum atomic E-state index is 12.7. The highest BCUT2D eigenvalue weighted by atomic mass is 79.9. The van der Waals surface area contributed by atoms with Crippen molar-refractivity contribution in [3.05, 3.63) is 45.6 Å². The van der Waals surface area contributed by atoms with Gasteiger partial charge >= 0.3 is 12.0 Å². The molecule has 2 aliphatic rings. The van der Waals surface area contributed by atoms with Crippen LogP contribution in [-0.2, 0) is 9.53 Å². The molecule has 1 saturated carbocycles. The highest BCUT2D eigenvalue weighted by Crippen LogP contribution is 2.29. The second-order valence-corrected chi connectivity index (χ2v) is 7.64. The first-order chi connectivity index (χ1) is 12.0. The molecule has 1 aliphatic carbocycles. The molecule has 0 spiro atoms. The molecule has 1 aromatic rings. The zero-order chi connectivity index (χ0) is 17.8. The maximum absolute atomic E-state index is 12.7. The van der Waals surface area contributed by atoms with Crippen LogP contribution < -0.4 is 10.6 Å². The number of hydrogen-bond donors (Lipinski definition) is 2. The second-order valence-electron chi connectivity index (χ2n) is 6.72. The summed E-state index contributed by atoms with van der Waals surface area (Å²) in [5.41, 5.74) is 1.87. The van der Waals surface area contributed by atoms with Gasteiger partial charge in [0.25, 0.3) is 0 Å². The van der Waals surface area contributed by atoms with E-state index < -0.39 is 6.04 Å². The lowest BCUT2D eigenvalue weighted by atomic mass is 9.90. The van der Waals surface area contributed by atoms with Crippen molar-refractivity contribution < 1.29 is 14.3 Å². The summed E-state index contributed by atoms with van der Waals surface area (Å²) in [6, 6.07) is 6.76. The van der Waals surface area contributed by atoms with E-state index >= 15 is 0 Å². The second kappa shape index (κ2) is 8.04. The van der Waals surface area contributed by atoms with E-state index in [1.54, 1.807) is 6.92 Å². The monoisotopic (exact) mass is 406 g/mol. The molecule has 1 fully saturated rings. The number of halogens is 1. The number of ether oxygens (including phenoxy) is 1. The molecule has 2 N–H and O–H groups in total. The van der Waals surface area contributed by atoms with Crippen molar-refractivity contribution in [2.24, 2.45) is 5.92 Å². The van der Waals surface area contributed by atoms with Crippen LogP contribution in [0.1, 0.15) is 50.6 Å². The lowest BCUT2D eigenvalue weighted by Crippen LogP contribution is -2.45. The van der Waals surface area contributed by atoms with E-state index in [2.05, 4.69) is 26.6 Å². The van der Waals surface area contributed by atoms with Gasteiger partial charge in [0, 0.05) is 10.2 Å². The van der Waals surface area contributed by atoms with Crippen LogP contribution in [-0.4, -0.2) is 18.6 Å². The van der Waals surface area contributed by atoms with Crippen LogP contribution in [0.4, 0.5) is 4.79 Å².